The van der Waals surface area contributed by atoms with Crippen LogP contribution >= 0.6 is 0 Å². The Labute approximate surface area is 60.7 Å². The average Bonchev–Trinajstić information content (AvgIpc) is 1.88. The van der Waals surface area contributed by atoms with Crippen molar-refractivity contribution in [2.75, 3.05) is 13.1 Å². The zero-order chi connectivity index (χ0) is 7.40. The van der Waals surface area contributed by atoms with Crippen LogP contribution in [0.15, 0.2) is 12.2 Å². The lowest BCUT2D eigenvalue weighted by Crippen LogP contribution is -2.42. The predicted molar refractivity (Wildman–Crippen MR) is 39.1 cm³/mol. The van der Waals surface area contributed by atoms with Crippen molar-refractivity contribution >= 4 is 5.91 Å². The SMILES string of the molecule is CC(=O)NN1CC=CCC1. The van der Waals surface area contributed by atoms with Crippen LogP contribution in [0.4, 0.5) is 0 Å². The van der Waals surface area contributed by atoms with Crippen LogP contribution in [0.1, 0.15) is 13.3 Å². The number of rotatable bonds is 1. The van der Waals surface area contributed by atoms with E-state index in [0.29, 0.717) is 0 Å². The summed E-state index contributed by atoms with van der Waals surface area (Å²) in [7, 11) is 0. The Bertz CT molecular complexity index is 154. The zero-order valence-corrected chi connectivity index (χ0v) is 6.13. The Morgan fingerprint density at radius 3 is 2.90 bits per heavy atom. The molecule has 1 amide bonds. The Morgan fingerprint density at radius 1 is 1.60 bits per heavy atom. The van der Waals surface area contributed by atoms with Gasteiger partial charge in [-0.25, -0.2) is 5.01 Å². The molecule has 56 valence electrons. The minimum Gasteiger partial charge on any atom is -0.289 e. The van der Waals surface area contributed by atoms with E-state index in [1.807, 2.05) is 5.01 Å². The first-order valence-corrected chi connectivity index (χ1v) is 3.46. The number of hydrogen-bond donors (Lipinski definition) is 1. The van der Waals surface area contributed by atoms with Crippen molar-refractivity contribution in [1.82, 2.24) is 10.4 Å². The minimum absolute atomic E-state index is 0.00954. The third-order valence-electron chi connectivity index (χ3n) is 1.37. The monoisotopic (exact) mass is 140 g/mol. The Kier molecular flexibility index (Phi) is 2.45. The molecule has 0 atom stereocenters. The van der Waals surface area contributed by atoms with Gasteiger partial charge in [0.1, 0.15) is 0 Å². The molecule has 1 heterocycles. The molecule has 1 aliphatic heterocycles. The molecular formula is C7H12N2O. The zero-order valence-electron chi connectivity index (χ0n) is 6.13. The van der Waals surface area contributed by atoms with E-state index >= 15 is 0 Å². The van der Waals surface area contributed by atoms with Gasteiger partial charge in [0.05, 0.1) is 0 Å². The summed E-state index contributed by atoms with van der Waals surface area (Å²) in [6.45, 7) is 3.29. The van der Waals surface area contributed by atoms with Gasteiger partial charge < -0.3 is 0 Å². The molecule has 0 aliphatic carbocycles. The highest BCUT2D eigenvalue weighted by atomic mass is 16.2. The maximum Gasteiger partial charge on any atom is 0.231 e. The number of carbonyl (C=O) groups excluding carboxylic acids is 1. The molecule has 1 N–H and O–H groups in total. The lowest BCUT2D eigenvalue weighted by Gasteiger charge is -2.22. The topological polar surface area (TPSA) is 32.3 Å². The van der Waals surface area contributed by atoms with Gasteiger partial charge in [-0.2, -0.15) is 0 Å². The van der Waals surface area contributed by atoms with Crippen molar-refractivity contribution in [3.8, 4) is 0 Å². The number of hydrogen-bond acceptors (Lipinski definition) is 2. The highest BCUT2D eigenvalue weighted by molar-refractivity contribution is 5.72. The number of nitrogens with one attached hydrogen (secondary N) is 1. The van der Waals surface area contributed by atoms with Crippen molar-refractivity contribution in [1.29, 1.82) is 0 Å². The molecule has 0 saturated carbocycles. The molecule has 1 rings (SSSR count). The third kappa shape index (κ3) is 2.19. The fourth-order valence-electron chi connectivity index (χ4n) is 0.965. The van der Waals surface area contributed by atoms with Crippen molar-refractivity contribution in [2.24, 2.45) is 0 Å². The van der Waals surface area contributed by atoms with E-state index in [0.717, 1.165) is 19.5 Å². The molecule has 0 saturated heterocycles. The molecule has 0 aromatic rings. The standard InChI is InChI=1S/C7H12N2O/c1-7(10)8-9-5-3-2-4-6-9/h2-3H,4-6H2,1H3,(H,8,10). The van der Waals surface area contributed by atoms with Crippen LogP contribution in [0.3, 0.4) is 0 Å². The average molecular weight is 140 g/mol. The molecule has 3 nitrogen and oxygen atoms in total. The van der Waals surface area contributed by atoms with E-state index in [9.17, 15) is 4.79 Å². The Balaban J connectivity index is 2.28. The van der Waals surface area contributed by atoms with Gasteiger partial charge in [-0.15, -0.1) is 0 Å². The number of carbonyl (C=O) groups is 1. The quantitative estimate of drug-likeness (QED) is 0.531. The van der Waals surface area contributed by atoms with Crippen LogP contribution in [-0.2, 0) is 4.79 Å². The summed E-state index contributed by atoms with van der Waals surface area (Å²) in [6.07, 6.45) is 5.21. The molecule has 10 heavy (non-hydrogen) atoms. The first-order valence-electron chi connectivity index (χ1n) is 3.46. The van der Waals surface area contributed by atoms with Crippen molar-refractivity contribution < 1.29 is 4.79 Å². The highest BCUT2D eigenvalue weighted by Crippen LogP contribution is 1.96. The Morgan fingerprint density at radius 2 is 2.40 bits per heavy atom. The molecule has 3 heteroatoms. The van der Waals surface area contributed by atoms with E-state index in [1.54, 1.807) is 0 Å². The van der Waals surface area contributed by atoms with Crippen molar-refractivity contribution in [3.05, 3.63) is 12.2 Å². The second-order valence-corrected chi connectivity index (χ2v) is 2.37. The van der Waals surface area contributed by atoms with E-state index < -0.39 is 0 Å². The summed E-state index contributed by atoms with van der Waals surface area (Å²) in [5.41, 5.74) is 2.72. The molecule has 1 aliphatic rings. The van der Waals surface area contributed by atoms with Gasteiger partial charge in [0.15, 0.2) is 0 Å². The van der Waals surface area contributed by atoms with Crippen LogP contribution < -0.4 is 5.43 Å². The van der Waals surface area contributed by atoms with Gasteiger partial charge in [-0.05, 0) is 6.42 Å². The second kappa shape index (κ2) is 3.37. The van der Waals surface area contributed by atoms with Crippen LogP contribution in [-0.4, -0.2) is 24.0 Å². The first kappa shape index (κ1) is 7.28. The van der Waals surface area contributed by atoms with Crippen LogP contribution in [0.25, 0.3) is 0 Å². The van der Waals surface area contributed by atoms with Gasteiger partial charge in [0.25, 0.3) is 0 Å². The number of amides is 1. The van der Waals surface area contributed by atoms with E-state index in [2.05, 4.69) is 17.6 Å². The molecule has 0 aromatic carbocycles. The molecule has 0 radical (unpaired) electrons. The lowest BCUT2D eigenvalue weighted by molar-refractivity contribution is -0.123. The Hall–Kier alpha value is -0.830. The van der Waals surface area contributed by atoms with Gasteiger partial charge >= 0.3 is 0 Å². The maximum absolute atomic E-state index is 10.5. The van der Waals surface area contributed by atoms with Crippen LogP contribution in [0.5, 0.6) is 0 Å². The number of nitrogens with zero attached hydrogens (tertiary/aromatic N) is 1. The number of hydrazine groups is 1. The summed E-state index contributed by atoms with van der Waals surface area (Å²) >= 11 is 0. The molecule has 0 aromatic heterocycles. The first-order chi connectivity index (χ1) is 4.79. The summed E-state index contributed by atoms with van der Waals surface area (Å²) < 4.78 is 0. The van der Waals surface area contributed by atoms with E-state index in [1.165, 1.54) is 6.92 Å². The largest absolute Gasteiger partial charge is 0.289 e. The maximum atomic E-state index is 10.5. The van der Waals surface area contributed by atoms with Gasteiger partial charge in [-0.1, -0.05) is 12.2 Å². The highest BCUT2D eigenvalue weighted by Gasteiger charge is 2.04. The summed E-state index contributed by atoms with van der Waals surface area (Å²) in [5.74, 6) is 0.00954. The summed E-state index contributed by atoms with van der Waals surface area (Å²) in [5, 5.41) is 1.91. The van der Waals surface area contributed by atoms with Crippen LogP contribution in [0.2, 0.25) is 0 Å². The smallest absolute Gasteiger partial charge is 0.231 e. The van der Waals surface area contributed by atoms with Gasteiger partial charge in [0.2, 0.25) is 5.91 Å². The molecular weight excluding hydrogens is 128 g/mol. The minimum atomic E-state index is 0.00954. The van der Waals surface area contributed by atoms with E-state index in [4.69, 9.17) is 0 Å². The van der Waals surface area contributed by atoms with E-state index in [-0.39, 0.29) is 5.91 Å². The van der Waals surface area contributed by atoms with Crippen molar-refractivity contribution in [2.45, 2.75) is 13.3 Å². The normalized spacial score (nSPS) is 18.9. The molecule has 0 bridgehead atoms. The predicted octanol–water partition coefficient (Wildman–Crippen LogP) is 0.299. The summed E-state index contributed by atoms with van der Waals surface area (Å²) in [4.78, 5) is 10.5. The third-order valence-corrected chi connectivity index (χ3v) is 1.37. The fraction of sp³-hybridized carbons (Fsp3) is 0.571. The molecule has 0 spiro atoms. The van der Waals surface area contributed by atoms with Gasteiger partial charge in [-0.3, -0.25) is 10.2 Å². The van der Waals surface area contributed by atoms with Crippen molar-refractivity contribution in [3.63, 3.8) is 0 Å². The summed E-state index contributed by atoms with van der Waals surface area (Å²) in [6, 6.07) is 0. The lowest BCUT2D eigenvalue weighted by atomic mass is 10.3. The molecule has 0 unspecified atom stereocenters. The second-order valence-electron chi connectivity index (χ2n) is 2.37. The van der Waals surface area contributed by atoms with Gasteiger partial charge in [0, 0.05) is 20.0 Å². The fourth-order valence-corrected chi connectivity index (χ4v) is 0.965. The molecule has 0 fully saturated rings. The van der Waals surface area contributed by atoms with Crippen LogP contribution in [0, 0.1) is 0 Å².